The predicted molar refractivity (Wildman–Crippen MR) is 118 cm³/mol. The third-order valence-corrected chi connectivity index (χ3v) is 10.0. The number of hydrogen-bond donors (Lipinski definition) is 0. The van der Waals surface area contributed by atoms with Crippen molar-refractivity contribution >= 4 is 16.1 Å². The van der Waals surface area contributed by atoms with Crippen LogP contribution in [0, 0.1) is 5.41 Å². The molecule has 1 aromatic rings. The van der Waals surface area contributed by atoms with E-state index < -0.39 is 10.0 Å². The molecular formula is C23H35N3O3S. The molecule has 1 aromatic carbocycles. The molecule has 2 amide bonds. The molecule has 7 heteroatoms. The SMILES string of the molecule is CN(C)S(=O)(=O)c1ccc2c(c1)[C@]1(C)CCN(C(=O)N3CCCCC3)[C@H](C2)C1(C)C. The van der Waals surface area contributed by atoms with E-state index in [1.807, 2.05) is 17.0 Å². The zero-order valence-electron chi connectivity index (χ0n) is 18.9. The molecular weight excluding hydrogens is 398 g/mol. The van der Waals surface area contributed by atoms with E-state index in [9.17, 15) is 13.2 Å². The Balaban J connectivity index is 1.73. The lowest BCUT2D eigenvalue weighted by molar-refractivity contribution is -0.0243. The smallest absolute Gasteiger partial charge is 0.320 e. The van der Waals surface area contributed by atoms with E-state index in [-0.39, 0.29) is 22.9 Å². The number of nitrogens with zero attached hydrogens (tertiary/aromatic N) is 3. The third-order valence-electron chi connectivity index (χ3n) is 8.22. The second-order valence-electron chi connectivity index (χ2n) is 10.2. The van der Waals surface area contributed by atoms with Gasteiger partial charge in [-0.2, -0.15) is 0 Å². The molecule has 0 radical (unpaired) electrons. The third kappa shape index (κ3) is 3.08. The fourth-order valence-electron chi connectivity index (χ4n) is 5.75. The van der Waals surface area contributed by atoms with Crippen LogP contribution < -0.4 is 0 Å². The first kappa shape index (κ1) is 21.6. The van der Waals surface area contributed by atoms with E-state index in [4.69, 9.17) is 0 Å². The Labute approximate surface area is 181 Å². The first-order valence-corrected chi connectivity index (χ1v) is 12.6. The molecule has 2 bridgehead atoms. The summed E-state index contributed by atoms with van der Waals surface area (Å²) in [5.74, 6) is 0. The molecule has 0 N–H and O–H groups in total. The molecule has 0 aromatic heterocycles. The van der Waals surface area contributed by atoms with E-state index in [2.05, 4.69) is 25.7 Å². The fourth-order valence-corrected chi connectivity index (χ4v) is 6.68. The van der Waals surface area contributed by atoms with Crippen LogP contribution >= 0.6 is 0 Å². The maximum absolute atomic E-state index is 13.4. The van der Waals surface area contributed by atoms with E-state index >= 15 is 0 Å². The molecule has 0 unspecified atom stereocenters. The van der Waals surface area contributed by atoms with Crippen molar-refractivity contribution in [2.75, 3.05) is 33.7 Å². The summed E-state index contributed by atoms with van der Waals surface area (Å²) >= 11 is 0. The van der Waals surface area contributed by atoms with Gasteiger partial charge >= 0.3 is 6.03 Å². The summed E-state index contributed by atoms with van der Waals surface area (Å²) in [4.78, 5) is 17.9. The lowest BCUT2D eigenvalue weighted by Gasteiger charge is -2.61. The first-order valence-electron chi connectivity index (χ1n) is 11.1. The predicted octanol–water partition coefficient (Wildman–Crippen LogP) is 3.46. The maximum Gasteiger partial charge on any atom is 0.320 e. The molecule has 2 atom stereocenters. The second kappa shape index (κ2) is 7.23. The van der Waals surface area contributed by atoms with E-state index in [1.165, 1.54) is 16.3 Å². The number of amides is 2. The molecule has 2 saturated heterocycles. The van der Waals surface area contributed by atoms with Crippen LogP contribution in [0.25, 0.3) is 0 Å². The van der Waals surface area contributed by atoms with Crippen molar-refractivity contribution in [3.63, 3.8) is 0 Å². The van der Waals surface area contributed by atoms with Gasteiger partial charge in [-0.25, -0.2) is 17.5 Å². The largest absolute Gasteiger partial charge is 0.325 e. The minimum absolute atomic E-state index is 0.120. The summed E-state index contributed by atoms with van der Waals surface area (Å²) in [5.41, 5.74) is 1.99. The second-order valence-corrected chi connectivity index (χ2v) is 12.3. The average Bonchev–Trinajstić information content (AvgIpc) is 2.70. The highest BCUT2D eigenvalue weighted by molar-refractivity contribution is 7.89. The Morgan fingerprint density at radius 1 is 1.07 bits per heavy atom. The van der Waals surface area contributed by atoms with Crippen LogP contribution in [0.1, 0.15) is 57.6 Å². The minimum atomic E-state index is -3.48. The van der Waals surface area contributed by atoms with Crippen LogP contribution in [0.15, 0.2) is 23.1 Å². The van der Waals surface area contributed by atoms with Gasteiger partial charge in [0.15, 0.2) is 0 Å². The molecule has 166 valence electrons. The highest BCUT2D eigenvalue weighted by Gasteiger charge is 2.57. The van der Waals surface area contributed by atoms with Gasteiger partial charge in [-0.1, -0.05) is 26.8 Å². The number of urea groups is 1. The van der Waals surface area contributed by atoms with Crippen LogP contribution in [-0.2, 0) is 21.9 Å². The number of sulfonamides is 1. The van der Waals surface area contributed by atoms with Crippen molar-refractivity contribution in [1.29, 1.82) is 0 Å². The monoisotopic (exact) mass is 433 g/mol. The summed E-state index contributed by atoms with van der Waals surface area (Å²) in [6.45, 7) is 9.22. The fraction of sp³-hybridized carbons (Fsp3) is 0.696. The topological polar surface area (TPSA) is 60.9 Å². The molecule has 4 rings (SSSR count). The number of hydrogen-bond acceptors (Lipinski definition) is 3. The van der Waals surface area contributed by atoms with E-state index in [0.717, 1.165) is 50.9 Å². The van der Waals surface area contributed by atoms with Crippen LogP contribution in [0.2, 0.25) is 0 Å². The van der Waals surface area contributed by atoms with Crippen molar-refractivity contribution in [3.05, 3.63) is 29.3 Å². The van der Waals surface area contributed by atoms with Gasteiger partial charge in [0, 0.05) is 45.2 Å². The minimum Gasteiger partial charge on any atom is -0.325 e. The van der Waals surface area contributed by atoms with Crippen molar-refractivity contribution in [2.45, 2.75) is 69.2 Å². The van der Waals surface area contributed by atoms with Crippen LogP contribution in [0.5, 0.6) is 0 Å². The van der Waals surface area contributed by atoms with Gasteiger partial charge in [0.25, 0.3) is 0 Å². The highest BCUT2D eigenvalue weighted by atomic mass is 32.2. The number of carbonyl (C=O) groups is 1. The lowest BCUT2D eigenvalue weighted by Crippen LogP contribution is -2.66. The number of likely N-dealkylation sites (tertiary alicyclic amines) is 2. The Bertz CT molecular complexity index is 950. The van der Waals surface area contributed by atoms with Crippen molar-refractivity contribution < 1.29 is 13.2 Å². The van der Waals surface area contributed by atoms with Gasteiger partial charge < -0.3 is 9.80 Å². The Kier molecular flexibility index (Phi) is 5.21. The van der Waals surface area contributed by atoms with Gasteiger partial charge in [-0.3, -0.25) is 0 Å². The molecule has 0 spiro atoms. The van der Waals surface area contributed by atoms with E-state index in [0.29, 0.717) is 4.90 Å². The summed E-state index contributed by atoms with van der Waals surface area (Å²) < 4.78 is 26.8. The van der Waals surface area contributed by atoms with Gasteiger partial charge in [0.2, 0.25) is 10.0 Å². The standard InChI is InChI=1S/C23H35N3O3S/c1-22(2)20-15-17-9-10-18(30(28,29)24(4)5)16-19(17)23(22,3)11-14-26(20)21(27)25-12-7-6-8-13-25/h9-10,16,20H,6-8,11-15H2,1-5H3/t20-,23+/m1/s1. The number of fused-ring (bicyclic) bond motifs is 4. The Morgan fingerprint density at radius 3 is 2.37 bits per heavy atom. The summed E-state index contributed by atoms with van der Waals surface area (Å²) in [6, 6.07) is 5.90. The number of carbonyl (C=O) groups excluding carboxylic acids is 1. The molecule has 3 aliphatic rings. The summed E-state index contributed by atoms with van der Waals surface area (Å²) in [7, 11) is -0.337. The zero-order valence-corrected chi connectivity index (χ0v) is 19.8. The molecule has 2 heterocycles. The lowest BCUT2D eigenvalue weighted by atomic mass is 9.51. The molecule has 6 nitrogen and oxygen atoms in total. The van der Waals surface area contributed by atoms with Crippen molar-refractivity contribution in [1.82, 2.24) is 14.1 Å². The highest BCUT2D eigenvalue weighted by Crippen LogP contribution is 2.56. The van der Waals surface area contributed by atoms with Gasteiger partial charge in [0.05, 0.1) is 4.90 Å². The molecule has 2 fully saturated rings. The van der Waals surface area contributed by atoms with E-state index in [1.54, 1.807) is 20.2 Å². The maximum atomic E-state index is 13.4. The van der Waals surface area contributed by atoms with Gasteiger partial charge in [-0.15, -0.1) is 0 Å². The molecule has 0 saturated carbocycles. The Hall–Kier alpha value is -1.60. The van der Waals surface area contributed by atoms with Crippen LogP contribution in [-0.4, -0.2) is 68.3 Å². The summed E-state index contributed by atoms with van der Waals surface area (Å²) in [5, 5.41) is 0. The van der Waals surface area contributed by atoms with Crippen molar-refractivity contribution in [3.8, 4) is 0 Å². The van der Waals surface area contributed by atoms with Gasteiger partial charge in [-0.05, 0) is 60.8 Å². The Morgan fingerprint density at radius 2 is 1.73 bits per heavy atom. The number of piperidine rings is 2. The average molecular weight is 434 g/mol. The summed E-state index contributed by atoms with van der Waals surface area (Å²) in [6.07, 6.45) is 5.02. The quantitative estimate of drug-likeness (QED) is 0.718. The van der Waals surface area contributed by atoms with Gasteiger partial charge in [0.1, 0.15) is 0 Å². The number of rotatable bonds is 2. The normalized spacial score (nSPS) is 28.4. The first-order chi connectivity index (χ1) is 14.0. The molecule has 1 aliphatic carbocycles. The molecule has 30 heavy (non-hydrogen) atoms. The zero-order chi connectivity index (χ0) is 21.9. The van der Waals surface area contributed by atoms with Crippen LogP contribution in [0.4, 0.5) is 4.79 Å². The number of benzene rings is 1. The van der Waals surface area contributed by atoms with Crippen LogP contribution in [0.3, 0.4) is 0 Å². The molecule has 2 aliphatic heterocycles. The van der Waals surface area contributed by atoms with Crippen molar-refractivity contribution in [2.24, 2.45) is 5.41 Å².